The van der Waals surface area contributed by atoms with Gasteiger partial charge in [0.15, 0.2) is 0 Å². The molecule has 0 N–H and O–H groups in total. The number of nitrogens with zero attached hydrogens (tertiary/aromatic N) is 1. The van der Waals surface area contributed by atoms with Crippen LogP contribution < -0.4 is 0 Å². The summed E-state index contributed by atoms with van der Waals surface area (Å²) >= 11 is 0. The molecular weight excluding hydrogens is 242 g/mol. The van der Waals surface area contributed by atoms with Crippen molar-refractivity contribution in [2.45, 2.75) is 50.3 Å². The van der Waals surface area contributed by atoms with Crippen molar-refractivity contribution in [1.29, 1.82) is 0 Å². The number of furan rings is 1. The third-order valence-corrected chi connectivity index (χ3v) is 5.02. The number of hydrogen-bond acceptors (Lipinski definition) is 3. The zero-order valence-corrected chi connectivity index (χ0v) is 11.7. The van der Waals surface area contributed by atoms with Gasteiger partial charge < -0.3 is 13.6 Å². The quantitative estimate of drug-likeness (QED) is 0.609. The highest BCUT2D eigenvalue weighted by Gasteiger charge is 2.47. The van der Waals surface area contributed by atoms with E-state index in [0.717, 1.165) is 17.3 Å². The molecule has 2 fully saturated rings. The summed E-state index contributed by atoms with van der Waals surface area (Å²) in [5, 5.41) is 0. The topological polar surface area (TPSA) is 39.4 Å². The Morgan fingerprint density at radius 2 is 2.00 bits per heavy atom. The highest BCUT2D eigenvalue weighted by atomic mass is 16.6. The summed E-state index contributed by atoms with van der Waals surface area (Å²) < 4.78 is 11.8. The van der Waals surface area contributed by atoms with Gasteiger partial charge in [-0.1, -0.05) is 0 Å². The number of hydrogen-bond donors (Lipinski definition) is 0. The van der Waals surface area contributed by atoms with Crippen LogP contribution in [0.1, 0.15) is 42.7 Å². The van der Waals surface area contributed by atoms with Crippen LogP contribution in [0.5, 0.6) is 0 Å². The van der Waals surface area contributed by atoms with E-state index in [2.05, 4.69) is 14.1 Å². The van der Waals surface area contributed by atoms with Crippen LogP contribution in [0.25, 0.3) is 0 Å². The van der Waals surface area contributed by atoms with Gasteiger partial charge in [0.05, 0.1) is 32.4 Å². The van der Waals surface area contributed by atoms with Crippen molar-refractivity contribution in [3.63, 3.8) is 0 Å². The summed E-state index contributed by atoms with van der Waals surface area (Å²) in [6.45, 7) is 0. The van der Waals surface area contributed by atoms with Crippen LogP contribution in [0.3, 0.4) is 0 Å². The minimum Gasteiger partial charge on any atom is -0.457 e. The van der Waals surface area contributed by atoms with Crippen LogP contribution >= 0.6 is 0 Å². The van der Waals surface area contributed by atoms with Crippen molar-refractivity contribution in [3.8, 4) is 0 Å². The Morgan fingerprint density at radius 3 is 2.58 bits per heavy atom. The van der Waals surface area contributed by atoms with E-state index >= 15 is 0 Å². The molecule has 3 rings (SSSR count). The van der Waals surface area contributed by atoms with Gasteiger partial charge in [0.2, 0.25) is 5.76 Å². The predicted molar refractivity (Wildman–Crippen MR) is 70.7 cm³/mol. The monoisotopic (exact) mass is 264 g/mol. The fourth-order valence-electron chi connectivity index (χ4n) is 3.74. The summed E-state index contributed by atoms with van der Waals surface area (Å²) in [5.74, 6) is -0.00948. The molecule has 0 aromatic carbocycles. The zero-order chi connectivity index (χ0) is 13.5. The molecule has 2 aliphatic rings. The van der Waals surface area contributed by atoms with Gasteiger partial charge in [-0.2, -0.15) is 0 Å². The summed E-state index contributed by atoms with van der Waals surface area (Å²) in [5.41, 5.74) is 0. The van der Waals surface area contributed by atoms with Crippen molar-refractivity contribution in [2.75, 3.05) is 14.1 Å². The third kappa shape index (κ3) is 2.29. The molecule has 2 bridgehead atoms. The van der Waals surface area contributed by atoms with E-state index in [9.17, 15) is 4.79 Å². The summed E-state index contributed by atoms with van der Waals surface area (Å²) in [4.78, 5) is 11.9. The Bertz CT molecular complexity index is 436. The van der Waals surface area contributed by atoms with Crippen molar-refractivity contribution in [2.24, 2.45) is 0 Å². The largest absolute Gasteiger partial charge is 0.457 e. The molecule has 3 heterocycles. The van der Waals surface area contributed by atoms with Crippen molar-refractivity contribution in [3.05, 3.63) is 24.2 Å². The van der Waals surface area contributed by atoms with E-state index in [4.69, 9.17) is 9.15 Å². The lowest BCUT2D eigenvalue weighted by atomic mass is 9.81. The number of esters is 1. The molecule has 0 spiro atoms. The first kappa shape index (κ1) is 12.7. The molecule has 19 heavy (non-hydrogen) atoms. The summed E-state index contributed by atoms with van der Waals surface area (Å²) in [7, 11) is 4.64. The zero-order valence-electron chi connectivity index (χ0n) is 11.7. The predicted octanol–water partition coefficient (Wildman–Crippen LogP) is 2.60. The van der Waals surface area contributed by atoms with Crippen molar-refractivity contribution < 1.29 is 18.4 Å². The van der Waals surface area contributed by atoms with E-state index in [1.807, 2.05) is 0 Å². The SMILES string of the molecule is C[N+]1(C)C2CCCC1CC(OC(=O)c1ccco1)C2. The lowest BCUT2D eigenvalue weighted by Gasteiger charge is -2.52. The first-order valence-electron chi connectivity index (χ1n) is 7.15. The molecular formula is C15H22NO3+. The molecule has 2 atom stereocenters. The number of fused-ring (bicyclic) bond motifs is 2. The van der Waals surface area contributed by atoms with Gasteiger partial charge in [-0.25, -0.2) is 4.79 Å². The minimum absolute atomic E-state index is 0.0547. The smallest absolute Gasteiger partial charge is 0.374 e. The van der Waals surface area contributed by atoms with Gasteiger partial charge >= 0.3 is 5.97 Å². The summed E-state index contributed by atoms with van der Waals surface area (Å²) in [6, 6.07) is 4.63. The van der Waals surface area contributed by atoms with Crippen molar-refractivity contribution in [1.82, 2.24) is 0 Å². The molecule has 2 aliphatic heterocycles. The molecule has 2 unspecified atom stereocenters. The molecule has 1 aromatic rings. The Balaban J connectivity index is 1.67. The maximum atomic E-state index is 11.9. The lowest BCUT2D eigenvalue weighted by molar-refractivity contribution is -0.950. The second-order valence-electron chi connectivity index (χ2n) is 6.34. The minimum atomic E-state index is -0.319. The standard InChI is InChI=1S/C15H22NO3/c1-16(2)11-5-3-6-12(16)10-13(9-11)19-15(17)14-7-4-8-18-14/h4,7-8,11-13H,3,5-6,9-10H2,1-2H3/q+1. The molecule has 0 radical (unpaired) electrons. The second kappa shape index (κ2) is 4.67. The number of carbonyl (C=O) groups is 1. The fourth-order valence-corrected chi connectivity index (χ4v) is 3.74. The maximum absolute atomic E-state index is 11.9. The average molecular weight is 264 g/mol. The molecule has 0 aliphatic carbocycles. The maximum Gasteiger partial charge on any atom is 0.374 e. The van der Waals surface area contributed by atoms with Crippen LogP contribution in [0.4, 0.5) is 0 Å². The van der Waals surface area contributed by atoms with Gasteiger partial charge in [-0.15, -0.1) is 0 Å². The van der Waals surface area contributed by atoms with Gasteiger partial charge in [-0.05, 0) is 31.4 Å². The van der Waals surface area contributed by atoms with Crippen LogP contribution in [0.15, 0.2) is 22.8 Å². The van der Waals surface area contributed by atoms with Crippen LogP contribution in [-0.2, 0) is 4.74 Å². The molecule has 0 amide bonds. The van der Waals surface area contributed by atoms with E-state index in [1.165, 1.54) is 25.5 Å². The van der Waals surface area contributed by atoms with Gasteiger partial charge in [0.1, 0.15) is 6.10 Å². The third-order valence-electron chi connectivity index (χ3n) is 5.02. The van der Waals surface area contributed by atoms with Gasteiger partial charge in [0.25, 0.3) is 0 Å². The number of ether oxygens (including phenoxy) is 1. The molecule has 2 saturated heterocycles. The van der Waals surface area contributed by atoms with Gasteiger partial charge in [0, 0.05) is 12.8 Å². The highest BCUT2D eigenvalue weighted by molar-refractivity contribution is 5.86. The van der Waals surface area contributed by atoms with E-state index in [-0.39, 0.29) is 12.1 Å². The number of rotatable bonds is 2. The lowest BCUT2D eigenvalue weighted by Crippen LogP contribution is -2.63. The number of piperidine rings is 2. The Hall–Kier alpha value is -1.29. The van der Waals surface area contributed by atoms with Gasteiger partial charge in [-0.3, -0.25) is 0 Å². The number of carbonyl (C=O) groups excluding carboxylic acids is 1. The van der Waals surface area contributed by atoms with Crippen LogP contribution in [0.2, 0.25) is 0 Å². The first-order valence-corrected chi connectivity index (χ1v) is 7.15. The van der Waals surface area contributed by atoms with Crippen molar-refractivity contribution >= 4 is 5.97 Å². The van der Waals surface area contributed by atoms with E-state index < -0.39 is 0 Å². The van der Waals surface area contributed by atoms with Crippen LogP contribution in [0, 0.1) is 0 Å². The molecule has 1 aromatic heterocycles. The highest BCUT2D eigenvalue weighted by Crippen LogP contribution is 2.38. The average Bonchev–Trinajstić information content (AvgIpc) is 2.83. The van der Waals surface area contributed by atoms with E-state index in [1.54, 1.807) is 12.1 Å². The molecule has 0 saturated carbocycles. The first-order chi connectivity index (χ1) is 9.07. The molecule has 4 nitrogen and oxygen atoms in total. The number of quaternary nitrogens is 1. The van der Waals surface area contributed by atoms with E-state index in [0.29, 0.717) is 17.8 Å². The Labute approximate surface area is 113 Å². The Kier molecular flexibility index (Phi) is 3.13. The molecule has 104 valence electrons. The Morgan fingerprint density at radius 1 is 1.32 bits per heavy atom. The van der Waals surface area contributed by atoms with Crippen LogP contribution in [-0.4, -0.2) is 42.7 Å². The normalized spacial score (nSPS) is 32.8. The molecule has 4 heteroatoms. The summed E-state index contributed by atoms with van der Waals surface area (Å²) in [6.07, 6.45) is 7.34. The second-order valence-corrected chi connectivity index (χ2v) is 6.34. The fraction of sp³-hybridized carbons (Fsp3) is 0.667.